The predicted octanol–water partition coefficient (Wildman–Crippen LogP) is 2.89. The number of benzene rings is 1. The van der Waals surface area contributed by atoms with Crippen molar-refractivity contribution in [2.24, 2.45) is 0 Å². The molecule has 2 aromatic rings. The van der Waals surface area contributed by atoms with E-state index in [0.717, 1.165) is 17.7 Å². The number of hydrogen-bond donors (Lipinski definition) is 0. The van der Waals surface area contributed by atoms with E-state index in [9.17, 15) is 21.6 Å². The highest BCUT2D eigenvalue weighted by atomic mass is 32.2. The third kappa shape index (κ3) is 3.09. The van der Waals surface area contributed by atoms with Gasteiger partial charge in [-0.1, -0.05) is 6.07 Å². The molecule has 23 heavy (non-hydrogen) atoms. The summed E-state index contributed by atoms with van der Waals surface area (Å²) >= 11 is 0. The molecule has 0 amide bonds. The lowest BCUT2D eigenvalue weighted by atomic mass is 9.95. The maximum atomic E-state index is 12.7. The van der Waals surface area contributed by atoms with E-state index in [4.69, 9.17) is 0 Å². The first-order chi connectivity index (χ1) is 10.8. The second-order valence-corrected chi connectivity index (χ2v) is 7.26. The van der Waals surface area contributed by atoms with Crippen LogP contribution in [0.4, 0.5) is 13.2 Å². The van der Waals surface area contributed by atoms with Crippen molar-refractivity contribution in [3.8, 4) is 0 Å². The van der Waals surface area contributed by atoms with Gasteiger partial charge in [0.05, 0.1) is 10.5 Å². The Kier molecular flexibility index (Phi) is 3.89. The number of nitrogens with zero attached hydrogens (tertiary/aromatic N) is 2. The molecule has 8 heteroatoms. The van der Waals surface area contributed by atoms with Crippen molar-refractivity contribution in [3.63, 3.8) is 0 Å². The van der Waals surface area contributed by atoms with E-state index in [1.54, 1.807) is 24.5 Å². The molecule has 4 nitrogen and oxygen atoms in total. The predicted molar refractivity (Wildman–Crippen MR) is 77.2 cm³/mol. The van der Waals surface area contributed by atoms with Crippen LogP contribution in [0, 0.1) is 0 Å². The third-order valence-corrected chi connectivity index (χ3v) is 5.65. The van der Waals surface area contributed by atoms with Gasteiger partial charge >= 0.3 is 6.18 Å². The molecule has 1 fully saturated rings. The van der Waals surface area contributed by atoms with Crippen LogP contribution in [0.25, 0.3) is 0 Å². The number of hydrogen-bond acceptors (Lipinski definition) is 3. The van der Waals surface area contributed by atoms with Crippen LogP contribution in [-0.4, -0.2) is 30.8 Å². The van der Waals surface area contributed by atoms with Crippen LogP contribution in [0.15, 0.2) is 53.7 Å². The summed E-state index contributed by atoms with van der Waals surface area (Å²) in [5.74, 6) is 0.0403. The molecular weight excluding hydrogens is 329 g/mol. The molecule has 1 aliphatic heterocycles. The average Bonchev–Trinajstić information content (AvgIpc) is 2.46. The molecule has 1 saturated heterocycles. The van der Waals surface area contributed by atoms with Crippen LogP contribution in [0.5, 0.6) is 0 Å². The summed E-state index contributed by atoms with van der Waals surface area (Å²) in [6.07, 6.45) is -1.32. The van der Waals surface area contributed by atoms with Crippen molar-refractivity contribution in [2.75, 3.05) is 13.1 Å². The van der Waals surface area contributed by atoms with Crippen LogP contribution in [-0.2, 0) is 16.2 Å². The lowest BCUT2D eigenvalue weighted by molar-refractivity contribution is -0.137. The summed E-state index contributed by atoms with van der Waals surface area (Å²) in [6, 6.07) is 7.43. The fourth-order valence-electron chi connectivity index (χ4n) is 2.46. The highest BCUT2D eigenvalue weighted by Crippen LogP contribution is 2.34. The topological polar surface area (TPSA) is 50.3 Å². The van der Waals surface area contributed by atoms with Gasteiger partial charge in [-0.05, 0) is 35.9 Å². The molecule has 0 spiro atoms. The van der Waals surface area contributed by atoms with Gasteiger partial charge in [0.25, 0.3) is 0 Å². The van der Waals surface area contributed by atoms with E-state index in [1.807, 2.05) is 0 Å². The monoisotopic (exact) mass is 342 g/mol. The molecule has 3 rings (SSSR count). The molecule has 0 saturated carbocycles. The number of halogens is 3. The van der Waals surface area contributed by atoms with Gasteiger partial charge in [-0.3, -0.25) is 4.98 Å². The van der Waals surface area contributed by atoms with Gasteiger partial charge in [-0.15, -0.1) is 0 Å². The molecule has 0 bridgehead atoms. The highest BCUT2D eigenvalue weighted by Gasteiger charge is 2.38. The molecule has 0 aliphatic carbocycles. The fourth-order valence-corrected chi connectivity index (χ4v) is 4.04. The maximum absolute atomic E-state index is 12.7. The molecule has 122 valence electrons. The van der Waals surface area contributed by atoms with E-state index in [0.29, 0.717) is 6.07 Å². The molecule has 1 aromatic carbocycles. The summed E-state index contributed by atoms with van der Waals surface area (Å²) in [5.41, 5.74) is 0.000254. The largest absolute Gasteiger partial charge is 0.416 e. The first kappa shape index (κ1) is 15.9. The van der Waals surface area contributed by atoms with E-state index < -0.39 is 21.8 Å². The SMILES string of the molecule is O=S(=O)(c1cccc(C(F)(F)F)c1)N1CC(c2ccncc2)C1. The van der Waals surface area contributed by atoms with Gasteiger partial charge < -0.3 is 0 Å². The number of aromatic nitrogens is 1. The number of alkyl halides is 3. The Hall–Kier alpha value is -1.93. The zero-order valence-corrected chi connectivity index (χ0v) is 12.7. The van der Waals surface area contributed by atoms with Gasteiger partial charge in [0.1, 0.15) is 0 Å². The standard InChI is InChI=1S/C15H13F3N2O2S/c16-15(17,18)13-2-1-3-14(8-13)23(21,22)20-9-12(10-20)11-4-6-19-7-5-11/h1-8,12H,9-10H2. The fraction of sp³-hybridized carbons (Fsp3) is 0.267. The summed E-state index contributed by atoms with van der Waals surface area (Å²) in [5, 5.41) is 0. The average molecular weight is 342 g/mol. The summed E-state index contributed by atoms with van der Waals surface area (Å²) < 4.78 is 64.2. The van der Waals surface area contributed by atoms with E-state index in [1.165, 1.54) is 10.4 Å². The molecule has 0 radical (unpaired) electrons. The molecule has 0 unspecified atom stereocenters. The summed E-state index contributed by atoms with van der Waals surface area (Å²) in [4.78, 5) is 3.56. The lowest BCUT2D eigenvalue weighted by Crippen LogP contribution is -2.48. The highest BCUT2D eigenvalue weighted by molar-refractivity contribution is 7.89. The van der Waals surface area contributed by atoms with Crippen LogP contribution in [0.1, 0.15) is 17.0 Å². The molecule has 1 aliphatic rings. The number of sulfonamides is 1. The van der Waals surface area contributed by atoms with Gasteiger partial charge in [-0.25, -0.2) is 8.42 Å². The van der Waals surface area contributed by atoms with Crippen molar-refractivity contribution in [2.45, 2.75) is 17.0 Å². The Labute approximate surface area is 131 Å². The minimum Gasteiger partial charge on any atom is -0.265 e. The smallest absolute Gasteiger partial charge is 0.265 e. The minimum atomic E-state index is -4.57. The van der Waals surface area contributed by atoms with Crippen LogP contribution in [0.2, 0.25) is 0 Å². The van der Waals surface area contributed by atoms with Crippen molar-refractivity contribution in [1.82, 2.24) is 9.29 Å². The molecule has 0 N–H and O–H groups in total. The Morgan fingerprint density at radius 2 is 1.74 bits per heavy atom. The molecular formula is C15H13F3N2O2S. The summed E-state index contributed by atoms with van der Waals surface area (Å²) in [7, 11) is -3.91. The van der Waals surface area contributed by atoms with E-state index >= 15 is 0 Å². The van der Waals surface area contributed by atoms with Crippen LogP contribution in [0.3, 0.4) is 0 Å². The van der Waals surface area contributed by atoms with Crippen molar-refractivity contribution >= 4 is 10.0 Å². The zero-order chi connectivity index (χ0) is 16.7. The Morgan fingerprint density at radius 3 is 2.35 bits per heavy atom. The molecule has 1 aromatic heterocycles. The van der Waals surface area contributed by atoms with Gasteiger partial charge in [0, 0.05) is 31.4 Å². The van der Waals surface area contributed by atoms with Gasteiger partial charge in [0.2, 0.25) is 10.0 Å². The Morgan fingerprint density at radius 1 is 1.09 bits per heavy atom. The van der Waals surface area contributed by atoms with Crippen LogP contribution >= 0.6 is 0 Å². The van der Waals surface area contributed by atoms with E-state index in [2.05, 4.69) is 4.98 Å². The first-order valence-corrected chi connectivity index (χ1v) is 8.30. The molecule has 2 heterocycles. The minimum absolute atomic E-state index is 0.0403. The second kappa shape index (κ2) is 5.61. The van der Waals surface area contributed by atoms with Gasteiger partial charge in [-0.2, -0.15) is 17.5 Å². The van der Waals surface area contributed by atoms with Crippen molar-refractivity contribution in [3.05, 3.63) is 59.9 Å². The Balaban J connectivity index is 1.79. The summed E-state index contributed by atoms with van der Waals surface area (Å²) in [6.45, 7) is 0.505. The molecule has 0 atom stereocenters. The lowest BCUT2D eigenvalue weighted by Gasteiger charge is -2.38. The van der Waals surface area contributed by atoms with Crippen molar-refractivity contribution in [1.29, 1.82) is 0 Å². The zero-order valence-electron chi connectivity index (χ0n) is 11.9. The van der Waals surface area contributed by atoms with E-state index in [-0.39, 0.29) is 23.9 Å². The number of pyridine rings is 1. The first-order valence-electron chi connectivity index (χ1n) is 6.86. The quantitative estimate of drug-likeness (QED) is 0.862. The third-order valence-electron chi connectivity index (χ3n) is 3.82. The maximum Gasteiger partial charge on any atom is 0.416 e. The van der Waals surface area contributed by atoms with Gasteiger partial charge in [0.15, 0.2) is 0 Å². The van der Waals surface area contributed by atoms with Crippen molar-refractivity contribution < 1.29 is 21.6 Å². The van der Waals surface area contributed by atoms with Crippen LogP contribution < -0.4 is 0 Å². The number of rotatable bonds is 3. The Bertz CT molecular complexity index is 801. The second-order valence-electron chi connectivity index (χ2n) is 5.33. The normalized spacial score (nSPS) is 17.0.